The number of hydrogen-bond acceptors (Lipinski definition) is 3. The first kappa shape index (κ1) is 13.3. The summed E-state index contributed by atoms with van der Waals surface area (Å²) in [4.78, 5) is 8.71. The Hall–Kier alpha value is -1.36. The van der Waals surface area contributed by atoms with Gasteiger partial charge in [0.15, 0.2) is 0 Å². The molecule has 1 aliphatic rings. The van der Waals surface area contributed by atoms with Crippen molar-refractivity contribution in [2.45, 2.75) is 25.4 Å². The third-order valence-electron chi connectivity index (χ3n) is 4.07. The van der Waals surface area contributed by atoms with Gasteiger partial charge in [0.05, 0.1) is 10.7 Å². The Labute approximate surface area is 132 Å². The number of hydrogen-bond donors (Lipinski definition) is 0. The summed E-state index contributed by atoms with van der Waals surface area (Å²) in [5.41, 5.74) is 2.07. The van der Waals surface area contributed by atoms with Crippen LogP contribution in [0.3, 0.4) is 0 Å². The largest absolute Gasteiger partial charge is 0.305 e. The van der Waals surface area contributed by atoms with Crippen LogP contribution in [0, 0.1) is 0 Å². The molecular formula is C16H16ClN3S. The Bertz CT molecular complexity index is 750. The molecule has 1 atom stereocenters. The molecule has 0 saturated carbocycles. The van der Waals surface area contributed by atoms with Gasteiger partial charge in [-0.3, -0.25) is 4.90 Å². The van der Waals surface area contributed by atoms with E-state index in [-0.39, 0.29) is 0 Å². The topological polar surface area (TPSA) is 20.5 Å². The van der Waals surface area contributed by atoms with Crippen LogP contribution in [0.5, 0.6) is 0 Å². The average Bonchev–Trinajstić information content (AvgIpc) is 3.16. The molecule has 0 aromatic carbocycles. The predicted molar refractivity (Wildman–Crippen MR) is 86.9 cm³/mol. The summed E-state index contributed by atoms with van der Waals surface area (Å²) >= 11 is 7.89. The Morgan fingerprint density at radius 1 is 1.29 bits per heavy atom. The van der Waals surface area contributed by atoms with Crippen LogP contribution >= 0.6 is 22.9 Å². The van der Waals surface area contributed by atoms with Gasteiger partial charge < -0.3 is 4.40 Å². The molecule has 4 heterocycles. The van der Waals surface area contributed by atoms with E-state index in [1.807, 2.05) is 34.1 Å². The summed E-state index contributed by atoms with van der Waals surface area (Å²) in [6, 6.07) is 8.80. The van der Waals surface area contributed by atoms with E-state index in [4.69, 9.17) is 16.6 Å². The molecule has 108 valence electrons. The average molecular weight is 318 g/mol. The van der Waals surface area contributed by atoms with E-state index in [2.05, 4.69) is 28.6 Å². The number of rotatable bonds is 3. The van der Waals surface area contributed by atoms with Gasteiger partial charge in [-0.2, -0.15) is 0 Å². The molecule has 5 heteroatoms. The molecule has 0 unspecified atom stereocenters. The van der Waals surface area contributed by atoms with Crippen LogP contribution in [0.25, 0.3) is 5.65 Å². The number of imidazole rings is 1. The van der Waals surface area contributed by atoms with Gasteiger partial charge in [-0.1, -0.05) is 17.7 Å². The molecule has 21 heavy (non-hydrogen) atoms. The molecule has 1 aliphatic heterocycles. The first-order valence-corrected chi connectivity index (χ1v) is 8.46. The van der Waals surface area contributed by atoms with Crippen LogP contribution in [-0.2, 0) is 6.54 Å². The van der Waals surface area contributed by atoms with E-state index in [9.17, 15) is 0 Å². The van der Waals surface area contributed by atoms with Crippen molar-refractivity contribution in [3.8, 4) is 0 Å². The van der Waals surface area contributed by atoms with Gasteiger partial charge in [0.25, 0.3) is 0 Å². The normalized spacial score (nSPS) is 19.6. The molecule has 3 aromatic rings. The molecule has 0 bridgehead atoms. The number of nitrogens with zero attached hydrogens (tertiary/aromatic N) is 3. The second-order valence-corrected chi connectivity index (χ2v) is 6.90. The fourth-order valence-corrected chi connectivity index (χ4v) is 4.18. The molecule has 3 aromatic heterocycles. The lowest BCUT2D eigenvalue weighted by Crippen LogP contribution is -2.22. The van der Waals surface area contributed by atoms with Gasteiger partial charge in [0, 0.05) is 29.9 Å². The number of likely N-dealkylation sites (tertiary alicyclic amines) is 1. The fourth-order valence-electron chi connectivity index (χ4n) is 3.12. The van der Waals surface area contributed by atoms with Gasteiger partial charge in [-0.15, -0.1) is 11.3 Å². The summed E-state index contributed by atoms with van der Waals surface area (Å²) in [5, 5.41) is 2.91. The van der Waals surface area contributed by atoms with Crippen LogP contribution < -0.4 is 0 Å². The molecule has 1 fully saturated rings. The van der Waals surface area contributed by atoms with E-state index >= 15 is 0 Å². The van der Waals surface area contributed by atoms with Gasteiger partial charge >= 0.3 is 0 Å². The van der Waals surface area contributed by atoms with Crippen molar-refractivity contribution in [3.63, 3.8) is 0 Å². The van der Waals surface area contributed by atoms with Crippen molar-refractivity contribution < 1.29 is 0 Å². The highest BCUT2D eigenvalue weighted by molar-refractivity contribution is 7.10. The third-order valence-corrected chi connectivity index (χ3v) is 5.26. The smallest absolute Gasteiger partial charge is 0.137 e. The molecule has 0 spiro atoms. The zero-order valence-electron chi connectivity index (χ0n) is 11.6. The SMILES string of the molecule is Clc1ccc2nc(CN3CCC[C@@H]3c3cccs3)cn2c1. The number of pyridine rings is 1. The number of thiophene rings is 1. The summed E-state index contributed by atoms with van der Waals surface area (Å²) < 4.78 is 2.01. The van der Waals surface area contributed by atoms with Crippen LogP contribution in [0.1, 0.15) is 29.5 Å². The van der Waals surface area contributed by atoms with E-state index in [0.717, 1.165) is 29.5 Å². The number of halogens is 1. The molecule has 1 saturated heterocycles. The lowest BCUT2D eigenvalue weighted by atomic mass is 10.2. The zero-order valence-corrected chi connectivity index (χ0v) is 13.1. The first-order valence-electron chi connectivity index (χ1n) is 7.20. The Morgan fingerprint density at radius 2 is 2.24 bits per heavy atom. The first-order chi connectivity index (χ1) is 10.3. The summed E-state index contributed by atoms with van der Waals surface area (Å²) in [6.45, 7) is 2.05. The van der Waals surface area contributed by atoms with Crippen LogP contribution in [0.4, 0.5) is 0 Å². The summed E-state index contributed by atoms with van der Waals surface area (Å²) in [6.07, 6.45) is 6.51. The molecule has 3 nitrogen and oxygen atoms in total. The number of aromatic nitrogens is 2. The predicted octanol–water partition coefficient (Wildman–Crippen LogP) is 4.39. The maximum absolute atomic E-state index is 6.03. The van der Waals surface area contributed by atoms with Crippen molar-refractivity contribution in [1.82, 2.24) is 14.3 Å². The Balaban J connectivity index is 1.59. The summed E-state index contributed by atoms with van der Waals surface area (Å²) in [5.74, 6) is 0. The second kappa shape index (κ2) is 5.44. The standard InChI is InChI=1S/C16H16ClN3S/c17-12-5-6-16-18-13(11-20(16)9-12)10-19-7-1-3-14(19)15-4-2-8-21-15/h2,4-6,8-9,11,14H,1,3,7,10H2/t14-/m1/s1. The quantitative estimate of drug-likeness (QED) is 0.714. The highest BCUT2D eigenvalue weighted by Gasteiger charge is 2.27. The Morgan fingerprint density at radius 3 is 3.10 bits per heavy atom. The van der Waals surface area contributed by atoms with Gasteiger partial charge in [0.1, 0.15) is 5.65 Å². The van der Waals surface area contributed by atoms with E-state index in [1.54, 1.807) is 0 Å². The Kier molecular flexibility index (Phi) is 3.45. The van der Waals surface area contributed by atoms with Crippen LogP contribution in [-0.4, -0.2) is 20.8 Å². The minimum Gasteiger partial charge on any atom is -0.305 e. The second-order valence-electron chi connectivity index (χ2n) is 5.49. The van der Waals surface area contributed by atoms with E-state index < -0.39 is 0 Å². The maximum atomic E-state index is 6.03. The van der Waals surface area contributed by atoms with Crippen molar-refractivity contribution in [2.75, 3.05) is 6.54 Å². The van der Waals surface area contributed by atoms with E-state index in [0.29, 0.717) is 6.04 Å². The molecule has 0 amide bonds. The van der Waals surface area contributed by atoms with Crippen molar-refractivity contribution in [1.29, 1.82) is 0 Å². The third kappa shape index (κ3) is 2.59. The van der Waals surface area contributed by atoms with E-state index in [1.165, 1.54) is 17.7 Å². The molecule has 4 rings (SSSR count). The van der Waals surface area contributed by atoms with Gasteiger partial charge in [-0.25, -0.2) is 4.98 Å². The van der Waals surface area contributed by atoms with Gasteiger partial charge in [0.2, 0.25) is 0 Å². The zero-order chi connectivity index (χ0) is 14.2. The molecular weight excluding hydrogens is 302 g/mol. The van der Waals surface area contributed by atoms with Gasteiger partial charge in [-0.05, 0) is 43.0 Å². The van der Waals surface area contributed by atoms with Crippen molar-refractivity contribution in [3.05, 3.63) is 57.6 Å². The highest BCUT2D eigenvalue weighted by atomic mass is 35.5. The number of fused-ring (bicyclic) bond motifs is 1. The molecule has 0 radical (unpaired) electrons. The lowest BCUT2D eigenvalue weighted by Gasteiger charge is -2.22. The van der Waals surface area contributed by atoms with Crippen molar-refractivity contribution in [2.24, 2.45) is 0 Å². The minimum absolute atomic E-state index is 0.554. The summed E-state index contributed by atoms with van der Waals surface area (Å²) in [7, 11) is 0. The monoisotopic (exact) mass is 317 g/mol. The maximum Gasteiger partial charge on any atom is 0.137 e. The highest BCUT2D eigenvalue weighted by Crippen LogP contribution is 2.35. The fraction of sp³-hybridized carbons (Fsp3) is 0.312. The van der Waals surface area contributed by atoms with Crippen molar-refractivity contribution >= 4 is 28.6 Å². The van der Waals surface area contributed by atoms with Crippen LogP contribution in [0.15, 0.2) is 42.0 Å². The molecule has 0 N–H and O–H groups in total. The molecule has 0 aliphatic carbocycles. The van der Waals surface area contributed by atoms with Crippen LogP contribution in [0.2, 0.25) is 5.02 Å². The lowest BCUT2D eigenvalue weighted by molar-refractivity contribution is 0.249. The minimum atomic E-state index is 0.554.